The zero-order chi connectivity index (χ0) is 12.8. The number of hydrogen-bond donors (Lipinski definition) is 1. The van der Waals surface area contributed by atoms with Gasteiger partial charge in [0.15, 0.2) is 0 Å². The first-order valence-corrected chi connectivity index (χ1v) is 7.29. The molecule has 1 heteroatoms. The molecule has 0 amide bonds. The second-order valence-corrected chi connectivity index (χ2v) is 5.41. The monoisotopic (exact) mass is 243 g/mol. The minimum absolute atomic E-state index is 0.222. The highest BCUT2D eigenvalue weighted by molar-refractivity contribution is 5.36. The highest BCUT2D eigenvalue weighted by Gasteiger charge is 2.13. The Labute approximate surface area is 111 Å². The van der Waals surface area contributed by atoms with Gasteiger partial charge < -0.3 is 5.73 Å². The molecule has 98 valence electrons. The van der Waals surface area contributed by atoms with Crippen molar-refractivity contribution in [3.63, 3.8) is 0 Å². The van der Waals surface area contributed by atoms with Crippen LogP contribution in [0.1, 0.15) is 61.3 Å². The number of fused-ring (bicyclic) bond motifs is 1. The smallest absolute Gasteiger partial charge is 0.0294 e. The van der Waals surface area contributed by atoms with Gasteiger partial charge in [-0.1, -0.05) is 37.1 Å². The predicted molar refractivity (Wildman–Crippen MR) is 78.7 cm³/mol. The second kappa shape index (κ2) is 6.75. The average Bonchev–Trinajstić information content (AvgIpc) is 2.85. The minimum Gasteiger partial charge on any atom is -0.324 e. The molecule has 0 spiro atoms. The second-order valence-electron chi connectivity index (χ2n) is 5.41. The molecule has 18 heavy (non-hydrogen) atoms. The maximum atomic E-state index is 6.28. The van der Waals surface area contributed by atoms with E-state index in [9.17, 15) is 0 Å². The van der Waals surface area contributed by atoms with Gasteiger partial charge in [-0.25, -0.2) is 0 Å². The largest absolute Gasteiger partial charge is 0.324 e. The van der Waals surface area contributed by atoms with Gasteiger partial charge in [-0.3, -0.25) is 0 Å². The van der Waals surface area contributed by atoms with E-state index in [-0.39, 0.29) is 6.04 Å². The first-order chi connectivity index (χ1) is 8.81. The molecule has 0 aromatic heterocycles. The Kier molecular flexibility index (Phi) is 5.00. The molecule has 2 rings (SSSR count). The number of nitrogens with two attached hydrogens (primary N) is 1. The fourth-order valence-electron chi connectivity index (χ4n) is 2.82. The van der Waals surface area contributed by atoms with Crippen LogP contribution in [0.15, 0.2) is 30.9 Å². The average molecular weight is 243 g/mol. The van der Waals surface area contributed by atoms with E-state index >= 15 is 0 Å². The summed E-state index contributed by atoms with van der Waals surface area (Å²) in [6.45, 7) is 3.75. The van der Waals surface area contributed by atoms with Gasteiger partial charge >= 0.3 is 0 Å². The Morgan fingerprint density at radius 2 is 2.00 bits per heavy atom. The molecule has 1 aromatic carbocycles. The Balaban J connectivity index is 1.81. The predicted octanol–water partition coefficient (Wildman–Crippen LogP) is 4.31. The van der Waals surface area contributed by atoms with Gasteiger partial charge in [-0.05, 0) is 55.2 Å². The summed E-state index contributed by atoms with van der Waals surface area (Å²) in [5, 5.41) is 0. The number of allylic oxidation sites excluding steroid dienone is 1. The van der Waals surface area contributed by atoms with Crippen molar-refractivity contribution >= 4 is 0 Å². The molecule has 0 radical (unpaired) electrons. The van der Waals surface area contributed by atoms with E-state index in [0.717, 1.165) is 12.8 Å². The number of benzene rings is 1. The molecule has 1 atom stereocenters. The molecule has 1 aromatic rings. The lowest BCUT2D eigenvalue weighted by Crippen LogP contribution is -2.10. The van der Waals surface area contributed by atoms with Gasteiger partial charge in [0.05, 0.1) is 0 Å². The summed E-state index contributed by atoms with van der Waals surface area (Å²) in [4.78, 5) is 0. The molecule has 0 heterocycles. The van der Waals surface area contributed by atoms with E-state index in [4.69, 9.17) is 5.73 Å². The maximum Gasteiger partial charge on any atom is 0.0294 e. The van der Waals surface area contributed by atoms with Crippen LogP contribution in [0.25, 0.3) is 0 Å². The standard InChI is InChI=1S/C17H25N/c1-2-3-4-5-6-10-17(18)16-12-11-14-8-7-9-15(14)13-16/h2,11-13,17H,1,3-10,18H2. The summed E-state index contributed by atoms with van der Waals surface area (Å²) in [7, 11) is 0. The number of aryl methyl sites for hydroxylation is 2. The summed E-state index contributed by atoms with van der Waals surface area (Å²) in [6.07, 6.45) is 11.8. The molecular formula is C17H25N. The van der Waals surface area contributed by atoms with Crippen molar-refractivity contribution in [1.82, 2.24) is 0 Å². The molecule has 0 saturated heterocycles. The highest BCUT2D eigenvalue weighted by Crippen LogP contribution is 2.26. The summed E-state index contributed by atoms with van der Waals surface area (Å²) in [5.41, 5.74) is 10.7. The van der Waals surface area contributed by atoms with Crippen LogP contribution in [0.2, 0.25) is 0 Å². The minimum atomic E-state index is 0.222. The third kappa shape index (κ3) is 3.46. The third-order valence-electron chi connectivity index (χ3n) is 3.97. The van der Waals surface area contributed by atoms with E-state index in [2.05, 4.69) is 24.8 Å². The Morgan fingerprint density at radius 3 is 2.83 bits per heavy atom. The molecule has 0 aliphatic heterocycles. The topological polar surface area (TPSA) is 26.0 Å². The van der Waals surface area contributed by atoms with Crippen molar-refractivity contribution in [3.05, 3.63) is 47.5 Å². The van der Waals surface area contributed by atoms with Crippen molar-refractivity contribution < 1.29 is 0 Å². The maximum absolute atomic E-state index is 6.28. The van der Waals surface area contributed by atoms with Crippen molar-refractivity contribution in [2.24, 2.45) is 5.73 Å². The zero-order valence-corrected chi connectivity index (χ0v) is 11.3. The number of rotatable bonds is 7. The van der Waals surface area contributed by atoms with Crippen molar-refractivity contribution in [2.45, 2.75) is 57.4 Å². The van der Waals surface area contributed by atoms with Crippen molar-refractivity contribution in [2.75, 3.05) is 0 Å². The van der Waals surface area contributed by atoms with E-state index in [1.54, 1.807) is 0 Å². The van der Waals surface area contributed by atoms with Gasteiger partial charge in [0, 0.05) is 6.04 Å². The molecule has 1 aliphatic carbocycles. The molecule has 2 N–H and O–H groups in total. The van der Waals surface area contributed by atoms with E-state index < -0.39 is 0 Å². The van der Waals surface area contributed by atoms with Crippen LogP contribution in [0.4, 0.5) is 0 Å². The lowest BCUT2D eigenvalue weighted by atomic mass is 9.97. The van der Waals surface area contributed by atoms with Gasteiger partial charge in [0.1, 0.15) is 0 Å². The first kappa shape index (κ1) is 13.4. The quantitative estimate of drug-likeness (QED) is 0.560. The Morgan fingerprint density at radius 1 is 1.17 bits per heavy atom. The SMILES string of the molecule is C=CCCCCCC(N)c1ccc2c(c1)CCC2. The zero-order valence-electron chi connectivity index (χ0n) is 11.3. The Bertz CT molecular complexity index is 395. The van der Waals surface area contributed by atoms with Gasteiger partial charge in [0.2, 0.25) is 0 Å². The highest BCUT2D eigenvalue weighted by atomic mass is 14.6. The van der Waals surface area contributed by atoms with Crippen molar-refractivity contribution in [3.8, 4) is 0 Å². The van der Waals surface area contributed by atoms with Crippen LogP contribution in [-0.2, 0) is 12.8 Å². The molecule has 0 bridgehead atoms. The first-order valence-electron chi connectivity index (χ1n) is 7.29. The number of unbranched alkanes of at least 4 members (excludes halogenated alkanes) is 3. The summed E-state index contributed by atoms with van der Waals surface area (Å²) >= 11 is 0. The molecule has 0 fully saturated rings. The van der Waals surface area contributed by atoms with Gasteiger partial charge in [0.25, 0.3) is 0 Å². The van der Waals surface area contributed by atoms with Crippen molar-refractivity contribution in [1.29, 1.82) is 0 Å². The normalized spacial score (nSPS) is 15.4. The molecule has 0 saturated carbocycles. The Hall–Kier alpha value is -1.08. The van der Waals surface area contributed by atoms with Gasteiger partial charge in [-0.2, -0.15) is 0 Å². The van der Waals surface area contributed by atoms with Crippen LogP contribution in [0.3, 0.4) is 0 Å². The fraction of sp³-hybridized carbons (Fsp3) is 0.529. The molecule has 1 nitrogen and oxygen atoms in total. The van der Waals surface area contributed by atoms with Crippen LogP contribution in [-0.4, -0.2) is 0 Å². The van der Waals surface area contributed by atoms with Crippen LogP contribution in [0, 0.1) is 0 Å². The molecule has 1 unspecified atom stereocenters. The third-order valence-corrected chi connectivity index (χ3v) is 3.97. The summed E-state index contributed by atoms with van der Waals surface area (Å²) in [5.74, 6) is 0. The van der Waals surface area contributed by atoms with E-state index in [1.165, 1.54) is 55.2 Å². The summed E-state index contributed by atoms with van der Waals surface area (Å²) < 4.78 is 0. The number of hydrogen-bond acceptors (Lipinski definition) is 1. The summed E-state index contributed by atoms with van der Waals surface area (Å²) in [6, 6.07) is 7.09. The lowest BCUT2D eigenvalue weighted by Gasteiger charge is -2.13. The molecule has 1 aliphatic rings. The van der Waals surface area contributed by atoms with Gasteiger partial charge in [-0.15, -0.1) is 6.58 Å². The van der Waals surface area contributed by atoms with Crippen LogP contribution < -0.4 is 5.73 Å². The van der Waals surface area contributed by atoms with E-state index in [0.29, 0.717) is 0 Å². The fourth-order valence-corrected chi connectivity index (χ4v) is 2.82. The van der Waals surface area contributed by atoms with E-state index in [1.807, 2.05) is 6.08 Å². The van der Waals surface area contributed by atoms with Crippen LogP contribution in [0.5, 0.6) is 0 Å². The molecular weight excluding hydrogens is 218 g/mol. The van der Waals surface area contributed by atoms with Crippen LogP contribution >= 0.6 is 0 Å². The lowest BCUT2D eigenvalue weighted by molar-refractivity contribution is 0.572.